The molecule has 0 amide bonds. The van der Waals surface area contributed by atoms with E-state index in [2.05, 4.69) is 19.8 Å². The number of halogens is 3. The zero-order valence-corrected chi connectivity index (χ0v) is 21.7. The van der Waals surface area contributed by atoms with Gasteiger partial charge in [-0.3, -0.25) is 9.89 Å². The minimum Gasteiger partial charge on any atom is -0.465 e. The maximum absolute atomic E-state index is 13.1. The Morgan fingerprint density at radius 3 is 2.26 bits per heavy atom. The average molecular weight is 531 g/mol. The van der Waals surface area contributed by atoms with E-state index in [1.54, 1.807) is 24.3 Å². The number of ether oxygens (including phenoxy) is 1. The Morgan fingerprint density at radius 1 is 1.08 bits per heavy atom. The summed E-state index contributed by atoms with van der Waals surface area (Å²) in [4.78, 5) is 27.3. The Morgan fingerprint density at radius 2 is 1.71 bits per heavy atom. The fraction of sp³-hybridized carbons (Fsp3) is 0.444. The Hall–Kier alpha value is -3.28. The number of esters is 1. The number of alkyl halides is 3. The van der Waals surface area contributed by atoms with Crippen LogP contribution in [0.1, 0.15) is 39.0 Å². The summed E-state index contributed by atoms with van der Waals surface area (Å²) < 4.78 is 44.0. The van der Waals surface area contributed by atoms with Gasteiger partial charge in [-0.2, -0.15) is 13.2 Å². The highest BCUT2D eigenvalue weighted by molar-refractivity contribution is 5.96. The molecule has 204 valence electrons. The van der Waals surface area contributed by atoms with Crippen LogP contribution < -0.4 is 5.73 Å². The molecule has 0 radical (unpaired) electrons. The number of benzene rings is 2. The first kappa shape index (κ1) is 27.7. The highest BCUT2D eigenvalue weighted by atomic mass is 19.4. The Labute approximate surface area is 220 Å². The number of rotatable bonds is 6. The normalized spacial score (nSPS) is 21.4. The molecule has 0 bridgehead atoms. The van der Waals surface area contributed by atoms with E-state index in [1.807, 2.05) is 31.1 Å². The molecule has 8 nitrogen and oxygen atoms in total. The third kappa shape index (κ3) is 6.23. The van der Waals surface area contributed by atoms with Gasteiger partial charge in [-0.1, -0.05) is 24.3 Å². The number of hydrogen-bond acceptors (Lipinski definition) is 8. The monoisotopic (exact) mass is 530 g/mol. The van der Waals surface area contributed by atoms with Crippen LogP contribution in [0.2, 0.25) is 0 Å². The molecule has 2 heterocycles. The summed E-state index contributed by atoms with van der Waals surface area (Å²) in [5, 5.41) is 0. The fourth-order valence-corrected chi connectivity index (χ4v) is 4.99. The molecule has 0 saturated carbocycles. The molecular weight excluding hydrogens is 497 g/mol. The molecule has 3 atom stereocenters. The van der Waals surface area contributed by atoms with E-state index in [-0.39, 0.29) is 12.0 Å². The summed E-state index contributed by atoms with van der Waals surface area (Å²) in [6, 6.07) is 12.5. The number of aliphatic imine (C=N–C) groups is 2. The van der Waals surface area contributed by atoms with Gasteiger partial charge in [0, 0.05) is 38.8 Å². The highest BCUT2D eigenvalue weighted by Crippen LogP contribution is 2.32. The minimum atomic E-state index is -4.36. The lowest BCUT2D eigenvalue weighted by Gasteiger charge is -2.43. The van der Waals surface area contributed by atoms with Crippen molar-refractivity contribution in [1.82, 2.24) is 14.7 Å². The van der Waals surface area contributed by atoms with Gasteiger partial charge in [-0.15, -0.1) is 0 Å². The first-order valence-electron chi connectivity index (χ1n) is 12.4. The van der Waals surface area contributed by atoms with Crippen LogP contribution in [-0.2, 0) is 10.9 Å². The van der Waals surface area contributed by atoms with Crippen molar-refractivity contribution in [2.45, 2.75) is 24.3 Å². The molecule has 2 aromatic rings. The van der Waals surface area contributed by atoms with Crippen LogP contribution >= 0.6 is 0 Å². The van der Waals surface area contributed by atoms with E-state index >= 15 is 0 Å². The third-order valence-electron chi connectivity index (χ3n) is 6.98. The second-order valence-corrected chi connectivity index (χ2v) is 9.75. The van der Waals surface area contributed by atoms with Gasteiger partial charge >= 0.3 is 12.1 Å². The van der Waals surface area contributed by atoms with Crippen molar-refractivity contribution in [2.24, 2.45) is 15.7 Å². The second kappa shape index (κ2) is 11.6. The van der Waals surface area contributed by atoms with Gasteiger partial charge < -0.3 is 20.3 Å². The molecule has 2 aliphatic rings. The number of nitrogens with two attached hydrogens (primary N) is 1. The van der Waals surface area contributed by atoms with Crippen LogP contribution in [0.4, 0.5) is 13.2 Å². The summed E-state index contributed by atoms with van der Waals surface area (Å²) in [6.45, 7) is 3.46. The predicted molar refractivity (Wildman–Crippen MR) is 140 cm³/mol. The number of likely N-dealkylation sites (N-methyl/N-ethyl adjacent to an activating group) is 1. The SMILES string of the molecule is COC(=O)c1ccc(C2C(N3CCN(C(CN(C)C)c4ccc(C(F)(F)F)cc4)CC3)=NC=NC2N)cc1. The maximum atomic E-state index is 13.1. The van der Waals surface area contributed by atoms with Crippen molar-refractivity contribution >= 4 is 18.1 Å². The van der Waals surface area contributed by atoms with Gasteiger partial charge in [-0.05, 0) is 49.5 Å². The van der Waals surface area contributed by atoms with Crippen molar-refractivity contribution < 1.29 is 22.7 Å². The molecule has 0 aromatic heterocycles. The van der Waals surface area contributed by atoms with Crippen LogP contribution in [0, 0.1) is 0 Å². The largest absolute Gasteiger partial charge is 0.465 e. The Kier molecular flexibility index (Phi) is 8.49. The fourth-order valence-electron chi connectivity index (χ4n) is 4.99. The standard InChI is InChI=1S/C27H33F3N6O2/c1-34(2)16-22(18-8-10-21(11-9-18)27(28,29)30)35-12-14-36(15-13-35)25-23(24(31)32-17-33-25)19-4-6-20(7-5-19)26(37)38-3/h4-11,17,22-24H,12-16,31H2,1-3H3. The van der Waals surface area contributed by atoms with Gasteiger partial charge in [0.25, 0.3) is 0 Å². The molecule has 11 heteroatoms. The molecule has 38 heavy (non-hydrogen) atoms. The summed E-state index contributed by atoms with van der Waals surface area (Å²) in [5.41, 5.74) is 7.95. The van der Waals surface area contributed by atoms with Crippen molar-refractivity contribution in [2.75, 3.05) is 53.9 Å². The number of carbonyl (C=O) groups is 1. The highest BCUT2D eigenvalue weighted by Gasteiger charge is 2.35. The molecule has 2 aromatic carbocycles. The van der Waals surface area contributed by atoms with Crippen molar-refractivity contribution in [1.29, 1.82) is 0 Å². The van der Waals surface area contributed by atoms with Crippen LogP contribution in [0.25, 0.3) is 0 Å². The van der Waals surface area contributed by atoms with Crippen LogP contribution in [0.3, 0.4) is 0 Å². The van der Waals surface area contributed by atoms with Crippen LogP contribution in [0.15, 0.2) is 58.5 Å². The third-order valence-corrected chi connectivity index (χ3v) is 6.98. The number of hydrogen-bond donors (Lipinski definition) is 1. The molecule has 0 spiro atoms. The van der Waals surface area contributed by atoms with E-state index in [9.17, 15) is 18.0 Å². The Balaban J connectivity index is 1.49. The molecule has 1 fully saturated rings. The van der Waals surface area contributed by atoms with Crippen LogP contribution in [0.5, 0.6) is 0 Å². The molecule has 0 aliphatic carbocycles. The molecule has 4 rings (SSSR count). The summed E-state index contributed by atoms with van der Waals surface area (Å²) in [7, 11) is 5.26. The van der Waals surface area contributed by atoms with E-state index in [4.69, 9.17) is 10.5 Å². The molecule has 2 aliphatic heterocycles. The lowest BCUT2D eigenvalue weighted by molar-refractivity contribution is -0.137. The number of piperazine rings is 1. The minimum absolute atomic E-state index is 0.0480. The van der Waals surface area contributed by atoms with Gasteiger partial charge in [0.15, 0.2) is 0 Å². The van der Waals surface area contributed by atoms with E-state index in [1.165, 1.54) is 13.4 Å². The first-order chi connectivity index (χ1) is 18.1. The number of methoxy groups -OCH3 is 1. The predicted octanol–water partition coefficient (Wildman–Crippen LogP) is 3.22. The second-order valence-electron chi connectivity index (χ2n) is 9.75. The Bertz CT molecular complexity index is 1160. The number of amidine groups is 1. The zero-order valence-electron chi connectivity index (χ0n) is 21.7. The zero-order chi connectivity index (χ0) is 27.4. The lowest BCUT2D eigenvalue weighted by atomic mass is 9.92. The maximum Gasteiger partial charge on any atom is 0.416 e. The molecule has 3 unspecified atom stereocenters. The first-order valence-corrected chi connectivity index (χ1v) is 12.4. The van der Waals surface area contributed by atoms with Gasteiger partial charge in [-0.25, -0.2) is 9.79 Å². The lowest BCUT2D eigenvalue weighted by Crippen LogP contribution is -2.54. The summed E-state index contributed by atoms with van der Waals surface area (Å²) >= 11 is 0. The van der Waals surface area contributed by atoms with Gasteiger partial charge in [0.05, 0.1) is 24.2 Å². The summed E-state index contributed by atoms with van der Waals surface area (Å²) in [6.07, 6.45) is -3.39. The number of carbonyl (C=O) groups excluding carboxylic acids is 1. The average Bonchev–Trinajstić information content (AvgIpc) is 2.91. The molecular formula is C27H33F3N6O2. The number of nitrogens with zero attached hydrogens (tertiary/aromatic N) is 5. The van der Waals surface area contributed by atoms with Crippen molar-refractivity contribution in [3.63, 3.8) is 0 Å². The van der Waals surface area contributed by atoms with Crippen molar-refractivity contribution in [3.05, 3.63) is 70.8 Å². The van der Waals surface area contributed by atoms with Crippen molar-refractivity contribution in [3.8, 4) is 0 Å². The van der Waals surface area contributed by atoms with E-state index in [0.717, 1.165) is 29.1 Å². The van der Waals surface area contributed by atoms with Gasteiger partial charge in [0.2, 0.25) is 0 Å². The topological polar surface area (TPSA) is 86.8 Å². The van der Waals surface area contributed by atoms with Gasteiger partial charge in [0.1, 0.15) is 18.3 Å². The molecule has 2 N–H and O–H groups in total. The van der Waals surface area contributed by atoms with E-state index < -0.39 is 23.9 Å². The summed E-state index contributed by atoms with van der Waals surface area (Å²) in [5.74, 6) is 0.134. The molecule has 1 saturated heterocycles. The van der Waals surface area contributed by atoms with Crippen LogP contribution in [-0.4, -0.2) is 92.9 Å². The van der Waals surface area contributed by atoms with E-state index in [0.29, 0.717) is 38.3 Å². The smallest absolute Gasteiger partial charge is 0.416 e. The quantitative estimate of drug-likeness (QED) is 0.578.